The second kappa shape index (κ2) is 28.2. The van der Waals surface area contributed by atoms with Crippen molar-refractivity contribution in [2.24, 2.45) is 17.1 Å². The van der Waals surface area contributed by atoms with E-state index in [0.29, 0.717) is 38.5 Å². The lowest BCUT2D eigenvalue weighted by Crippen LogP contribution is -2.54. The van der Waals surface area contributed by atoms with E-state index in [4.69, 9.17) is 29.4 Å². The minimum Gasteiger partial charge on any atom is -0.460 e. The van der Waals surface area contributed by atoms with Crippen LogP contribution in [0.3, 0.4) is 0 Å². The number of imide groups is 1. The molecule has 1 aliphatic heterocycles. The molecular weight excluding hydrogens is 798 g/mol. The molecule has 2 unspecified atom stereocenters. The normalized spacial score (nSPS) is 13.4. The summed E-state index contributed by atoms with van der Waals surface area (Å²) in [6.07, 6.45) is 2.82. The van der Waals surface area contributed by atoms with Crippen LogP contribution >= 0.6 is 0 Å². The first-order valence-electron chi connectivity index (χ1n) is 20.3. The molecule has 0 spiro atoms. The maximum atomic E-state index is 13.4. The Morgan fingerprint density at radius 2 is 1.28 bits per heavy atom. The van der Waals surface area contributed by atoms with Gasteiger partial charge >= 0.3 is 12.0 Å². The second-order valence-corrected chi connectivity index (χ2v) is 15.3. The van der Waals surface area contributed by atoms with Crippen LogP contribution in [0.1, 0.15) is 65.9 Å². The predicted octanol–water partition coefficient (Wildman–Crippen LogP) is 0.676. The summed E-state index contributed by atoms with van der Waals surface area (Å²) >= 11 is 0. The van der Waals surface area contributed by atoms with Crippen LogP contribution in [0.2, 0.25) is 0 Å². The van der Waals surface area contributed by atoms with E-state index >= 15 is 0 Å². The number of ether oxygens (including phenoxy) is 5. The first kappa shape index (κ1) is 51.7. The van der Waals surface area contributed by atoms with E-state index in [1.54, 1.807) is 58.9 Å². The first-order chi connectivity index (χ1) is 29.0. The molecule has 2 atom stereocenters. The van der Waals surface area contributed by atoms with E-state index in [9.17, 15) is 38.4 Å². The number of urea groups is 1. The minimum atomic E-state index is -1.01. The average molecular weight is 862 g/mol. The summed E-state index contributed by atoms with van der Waals surface area (Å²) in [5.41, 5.74) is 5.69. The van der Waals surface area contributed by atoms with Crippen LogP contribution in [0.15, 0.2) is 36.4 Å². The average Bonchev–Trinajstić information content (AvgIpc) is 3.53. The number of nitrogens with zero attached hydrogens (tertiary/aromatic N) is 1. The van der Waals surface area contributed by atoms with E-state index in [2.05, 4.69) is 26.6 Å². The maximum Gasteiger partial charge on any atom is 0.312 e. The van der Waals surface area contributed by atoms with Crippen LogP contribution in [0.5, 0.6) is 0 Å². The van der Waals surface area contributed by atoms with Gasteiger partial charge in [0, 0.05) is 50.3 Å². The highest BCUT2D eigenvalue weighted by molar-refractivity contribution is 6.13. The van der Waals surface area contributed by atoms with Gasteiger partial charge < -0.3 is 56.0 Å². The highest BCUT2D eigenvalue weighted by Crippen LogP contribution is 2.18. The zero-order valence-electron chi connectivity index (χ0n) is 35.8. The molecule has 61 heavy (non-hydrogen) atoms. The van der Waals surface area contributed by atoms with Crippen LogP contribution < -0.4 is 32.3 Å². The molecule has 1 aromatic rings. The zero-order valence-corrected chi connectivity index (χ0v) is 35.8. The lowest BCUT2D eigenvalue weighted by molar-refractivity contribution is -0.154. The fourth-order valence-electron chi connectivity index (χ4n) is 5.25. The van der Waals surface area contributed by atoms with Gasteiger partial charge in [-0.25, -0.2) is 4.79 Å². The number of hydrogen-bond donors (Lipinski definition) is 6. The van der Waals surface area contributed by atoms with Gasteiger partial charge in [-0.3, -0.25) is 38.5 Å². The Balaban J connectivity index is 1.64. The van der Waals surface area contributed by atoms with E-state index in [1.807, 2.05) is 0 Å². The number of anilines is 1. The fourth-order valence-corrected chi connectivity index (χ4v) is 5.25. The van der Waals surface area contributed by atoms with Crippen molar-refractivity contribution >= 4 is 53.1 Å². The smallest absolute Gasteiger partial charge is 0.312 e. The van der Waals surface area contributed by atoms with Gasteiger partial charge in [0.2, 0.25) is 23.6 Å². The van der Waals surface area contributed by atoms with E-state index in [0.717, 1.165) is 10.5 Å². The van der Waals surface area contributed by atoms with Gasteiger partial charge in [0.05, 0.1) is 58.3 Å². The number of carbonyl (C=O) groups excluding carboxylic acids is 8. The van der Waals surface area contributed by atoms with Crippen molar-refractivity contribution in [1.29, 1.82) is 0 Å². The molecule has 1 aliphatic rings. The molecule has 0 saturated heterocycles. The van der Waals surface area contributed by atoms with Gasteiger partial charge in [0.1, 0.15) is 18.7 Å². The first-order valence-corrected chi connectivity index (χ1v) is 20.3. The van der Waals surface area contributed by atoms with Crippen molar-refractivity contribution in [3.05, 3.63) is 42.0 Å². The largest absolute Gasteiger partial charge is 0.460 e. The van der Waals surface area contributed by atoms with Crippen molar-refractivity contribution < 1.29 is 62.0 Å². The number of benzene rings is 1. The van der Waals surface area contributed by atoms with E-state index in [-0.39, 0.29) is 89.7 Å². The molecular formula is C41H63N7O13. The summed E-state index contributed by atoms with van der Waals surface area (Å²) in [4.78, 5) is 98.7. The molecule has 7 N–H and O–H groups in total. The van der Waals surface area contributed by atoms with Gasteiger partial charge in [0.25, 0.3) is 11.8 Å². The van der Waals surface area contributed by atoms with E-state index in [1.165, 1.54) is 12.2 Å². The summed E-state index contributed by atoms with van der Waals surface area (Å²) < 4.78 is 27.2. The molecule has 1 aromatic carbocycles. The Morgan fingerprint density at radius 3 is 1.84 bits per heavy atom. The number of primary amides is 1. The molecule has 0 aliphatic carbocycles. The minimum absolute atomic E-state index is 0.0102. The highest BCUT2D eigenvalue weighted by Gasteiger charge is 2.29. The number of esters is 1. The Labute approximate surface area is 356 Å². The van der Waals surface area contributed by atoms with Gasteiger partial charge in [0.15, 0.2) is 0 Å². The second-order valence-electron chi connectivity index (χ2n) is 15.3. The lowest BCUT2D eigenvalue weighted by Gasteiger charge is -2.25. The Kier molecular flexibility index (Phi) is 23.9. The third kappa shape index (κ3) is 22.1. The van der Waals surface area contributed by atoms with Crippen molar-refractivity contribution in [2.45, 2.75) is 79.0 Å². The molecule has 20 nitrogen and oxygen atoms in total. The molecule has 2 rings (SSSR count). The molecule has 340 valence electrons. The molecule has 0 saturated carbocycles. The van der Waals surface area contributed by atoms with Crippen molar-refractivity contribution in [1.82, 2.24) is 26.2 Å². The summed E-state index contributed by atoms with van der Waals surface area (Å²) in [6, 6.07) is 4.03. The van der Waals surface area contributed by atoms with Crippen LogP contribution in [0, 0.1) is 11.3 Å². The van der Waals surface area contributed by atoms with Crippen LogP contribution in [0.25, 0.3) is 0 Å². The third-order valence-corrected chi connectivity index (χ3v) is 8.69. The predicted molar refractivity (Wildman–Crippen MR) is 221 cm³/mol. The quantitative estimate of drug-likeness (QED) is 0.0353. The Bertz CT molecular complexity index is 1610. The van der Waals surface area contributed by atoms with Gasteiger partial charge in [-0.15, -0.1) is 0 Å². The molecule has 1 heterocycles. The molecule has 0 bridgehead atoms. The standard InChI is InChI=1S/C41H63N7O13/c1-28(2)36(38(54)46-31(7-6-16-44-40(42)56)37(53)45-30-10-8-29(9-11-30)27-61-39(55)41(3,4)5)47-33(50)15-19-57-21-23-59-25-26-60-24-22-58-20-17-43-32(49)14-18-48-34(51)12-13-35(48)52/h8-13,28,31,36H,6-7,14-27H2,1-5H3,(H,43,49)(H,45,53)(H,46,54)(H,47,50)(H3,42,44,56). The third-order valence-electron chi connectivity index (χ3n) is 8.69. The zero-order chi connectivity index (χ0) is 45.2. The molecule has 0 radical (unpaired) electrons. The number of nitrogens with two attached hydrogens (primary N) is 1. The number of nitrogens with one attached hydrogen (secondary N) is 5. The number of rotatable bonds is 30. The Hall–Kier alpha value is -5.44. The van der Waals surface area contributed by atoms with E-state index < -0.39 is 53.1 Å². The fraction of sp³-hybridized carbons (Fsp3) is 0.610. The van der Waals surface area contributed by atoms with Gasteiger partial charge in [-0.1, -0.05) is 26.0 Å². The summed E-state index contributed by atoms with van der Waals surface area (Å²) in [5, 5.41) is 13.4. The molecule has 0 fully saturated rings. The molecule has 8 amide bonds. The summed E-state index contributed by atoms with van der Waals surface area (Å²) in [5.74, 6) is -3.30. The molecule has 0 aromatic heterocycles. The van der Waals surface area contributed by atoms with Crippen molar-refractivity contribution in [2.75, 3.05) is 77.8 Å². The van der Waals surface area contributed by atoms with Gasteiger partial charge in [-0.05, 0) is 57.2 Å². The highest BCUT2D eigenvalue weighted by atomic mass is 16.6. The summed E-state index contributed by atoms with van der Waals surface area (Å²) in [6.45, 7) is 11.5. The molecule has 20 heteroatoms. The van der Waals surface area contributed by atoms with Crippen molar-refractivity contribution in [3.63, 3.8) is 0 Å². The number of amides is 8. The maximum absolute atomic E-state index is 13.4. The Morgan fingerprint density at radius 1 is 0.705 bits per heavy atom. The monoisotopic (exact) mass is 861 g/mol. The summed E-state index contributed by atoms with van der Waals surface area (Å²) in [7, 11) is 0. The van der Waals surface area contributed by atoms with Crippen LogP contribution in [-0.4, -0.2) is 137 Å². The SMILES string of the molecule is CC(C)C(NC(=O)CCOCCOCCOCCOCCNC(=O)CCN1C(=O)C=CC1=O)C(=O)NC(CCCNC(N)=O)C(=O)Nc1ccc(COC(=O)C(C)(C)C)cc1. The lowest BCUT2D eigenvalue weighted by atomic mass is 9.97. The van der Waals surface area contributed by atoms with Crippen molar-refractivity contribution in [3.8, 4) is 0 Å². The number of hydrogen-bond acceptors (Lipinski definition) is 13. The number of carbonyl (C=O) groups is 8. The van der Waals surface area contributed by atoms with Crippen LogP contribution in [-0.2, 0) is 63.9 Å². The topological polar surface area (TPSA) is 272 Å². The van der Waals surface area contributed by atoms with Crippen LogP contribution in [0.4, 0.5) is 10.5 Å². The van der Waals surface area contributed by atoms with Gasteiger partial charge in [-0.2, -0.15) is 0 Å².